The van der Waals surface area contributed by atoms with Crippen LogP contribution in [0, 0.1) is 11.8 Å². The fourth-order valence-corrected chi connectivity index (χ4v) is 2.03. The quantitative estimate of drug-likeness (QED) is 0.700. The lowest BCUT2D eigenvalue weighted by molar-refractivity contribution is -0.117. The second-order valence-corrected chi connectivity index (χ2v) is 5.25. The topological polar surface area (TPSA) is 70.2 Å². The molecule has 0 aliphatic heterocycles. The van der Waals surface area contributed by atoms with Crippen LogP contribution in [-0.4, -0.2) is 32.0 Å². The van der Waals surface area contributed by atoms with Gasteiger partial charge in [0, 0.05) is 30.3 Å². The number of benzene rings is 1. The molecule has 1 aliphatic carbocycles. The van der Waals surface area contributed by atoms with E-state index in [1.165, 1.54) is 0 Å². The van der Waals surface area contributed by atoms with Gasteiger partial charge in [-0.3, -0.25) is 9.59 Å². The van der Waals surface area contributed by atoms with Crippen LogP contribution in [0.1, 0.15) is 23.7 Å². The Morgan fingerprint density at radius 1 is 1.19 bits per heavy atom. The molecule has 21 heavy (non-hydrogen) atoms. The molecule has 0 spiro atoms. The summed E-state index contributed by atoms with van der Waals surface area (Å²) in [5.41, 5.74) is 1.33. The maximum absolute atomic E-state index is 11.8. The lowest BCUT2D eigenvalue weighted by atomic mass is 10.2. The standard InChI is InChI=1S/C15H21N3O2.ClH/c1-10-9-13(10)15(20)18-12-5-3-11(4-6-12)14(19)17-8-7-16-2;/h3-6,10,13,16H,7-9H2,1-2H3,(H,17,19)(H,18,20);1H. The van der Waals surface area contributed by atoms with Crippen LogP contribution in [0.15, 0.2) is 24.3 Å². The Labute approximate surface area is 131 Å². The van der Waals surface area contributed by atoms with Crippen LogP contribution in [-0.2, 0) is 4.79 Å². The number of rotatable bonds is 6. The van der Waals surface area contributed by atoms with Crippen molar-refractivity contribution in [3.05, 3.63) is 29.8 Å². The molecule has 2 unspecified atom stereocenters. The third-order valence-electron chi connectivity index (χ3n) is 3.52. The van der Waals surface area contributed by atoms with Crippen LogP contribution in [0.3, 0.4) is 0 Å². The number of nitrogens with one attached hydrogen (secondary N) is 3. The van der Waals surface area contributed by atoms with E-state index in [-0.39, 0.29) is 30.1 Å². The van der Waals surface area contributed by atoms with Gasteiger partial charge in [0.05, 0.1) is 0 Å². The predicted octanol–water partition coefficient (Wildman–Crippen LogP) is 1.65. The number of amides is 2. The van der Waals surface area contributed by atoms with Gasteiger partial charge in [0.2, 0.25) is 5.91 Å². The van der Waals surface area contributed by atoms with E-state index in [1.54, 1.807) is 24.3 Å². The minimum Gasteiger partial charge on any atom is -0.351 e. The smallest absolute Gasteiger partial charge is 0.251 e. The number of carbonyl (C=O) groups is 2. The van der Waals surface area contributed by atoms with Gasteiger partial charge in [0.1, 0.15) is 0 Å². The summed E-state index contributed by atoms with van der Waals surface area (Å²) >= 11 is 0. The first-order valence-corrected chi connectivity index (χ1v) is 6.95. The Hall–Kier alpha value is -1.59. The normalized spacial score (nSPS) is 19.3. The Balaban J connectivity index is 0.00000220. The van der Waals surface area contributed by atoms with Crippen molar-refractivity contribution in [3.63, 3.8) is 0 Å². The number of halogens is 1. The van der Waals surface area contributed by atoms with Crippen LogP contribution in [0.2, 0.25) is 0 Å². The van der Waals surface area contributed by atoms with E-state index in [1.807, 2.05) is 7.05 Å². The molecule has 2 atom stereocenters. The minimum absolute atomic E-state index is 0. The van der Waals surface area contributed by atoms with Crippen LogP contribution in [0.25, 0.3) is 0 Å². The monoisotopic (exact) mass is 311 g/mol. The number of hydrogen-bond acceptors (Lipinski definition) is 3. The summed E-state index contributed by atoms with van der Waals surface area (Å²) in [4.78, 5) is 23.6. The lowest BCUT2D eigenvalue weighted by Crippen LogP contribution is -2.30. The average molecular weight is 312 g/mol. The maximum Gasteiger partial charge on any atom is 0.251 e. The van der Waals surface area contributed by atoms with Gasteiger partial charge in [-0.05, 0) is 43.7 Å². The third-order valence-corrected chi connectivity index (χ3v) is 3.52. The number of hydrogen-bond donors (Lipinski definition) is 3. The molecule has 2 rings (SSSR count). The summed E-state index contributed by atoms with van der Waals surface area (Å²) in [5.74, 6) is 0.615. The van der Waals surface area contributed by atoms with Gasteiger partial charge >= 0.3 is 0 Å². The molecule has 0 aromatic heterocycles. The summed E-state index contributed by atoms with van der Waals surface area (Å²) in [6.07, 6.45) is 0.970. The summed E-state index contributed by atoms with van der Waals surface area (Å²) in [6, 6.07) is 6.97. The highest BCUT2D eigenvalue weighted by molar-refractivity contribution is 5.96. The van der Waals surface area contributed by atoms with Crippen LogP contribution in [0.4, 0.5) is 5.69 Å². The van der Waals surface area contributed by atoms with Crippen LogP contribution >= 0.6 is 12.4 Å². The van der Waals surface area contributed by atoms with Gasteiger partial charge in [-0.25, -0.2) is 0 Å². The predicted molar refractivity (Wildman–Crippen MR) is 85.9 cm³/mol. The molecule has 0 saturated heterocycles. The van der Waals surface area contributed by atoms with Crippen molar-refractivity contribution in [2.75, 3.05) is 25.5 Å². The van der Waals surface area contributed by atoms with Crippen molar-refractivity contribution in [1.29, 1.82) is 0 Å². The van der Waals surface area contributed by atoms with E-state index in [9.17, 15) is 9.59 Å². The van der Waals surface area contributed by atoms with Gasteiger partial charge in [0.25, 0.3) is 5.91 Å². The fourth-order valence-electron chi connectivity index (χ4n) is 2.03. The number of likely N-dealkylation sites (N-methyl/N-ethyl adjacent to an activating group) is 1. The summed E-state index contributed by atoms with van der Waals surface area (Å²) in [5, 5.41) is 8.64. The van der Waals surface area contributed by atoms with Crippen molar-refractivity contribution in [2.45, 2.75) is 13.3 Å². The molecule has 1 aliphatic rings. The first-order valence-electron chi connectivity index (χ1n) is 6.95. The first kappa shape index (κ1) is 17.5. The van der Waals surface area contributed by atoms with E-state index >= 15 is 0 Å². The highest BCUT2D eigenvalue weighted by atomic mass is 35.5. The van der Waals surface area contributed by atoms with Gasteiger partial charge in [-0.15, -0.1) is 12.4 Å². The molecule has 0 heterocycles. The van der Waals surface area contributed by atoms with Gasteiger partial charge in [-0.2, -0.15) is 0 Å². The van der Waals surface area contributed by atoms with Gasteiger partial charge < -0.3 is 16.0 Å². The lowest BCUT2D eigenvalue weighted by Gasteiger charge is -2.07. The molecule has 0 radical (unpaired) electrons. The van der Waals surface area contributed by atoms with E-state index < -0.39 is 0 Å². The Bertz CT molecular complexity index is 490. The summed E-state index contributed by atoms with van der Waals surface area (Å²) in [7, 11) is 1.84. The van der Waals surface area contributed by atoms with Crippen molar-refractivity contribution in [1.82, 2.24) is 10.6 Å². The zero-order valence-electron chi connectivity index (χ0n) is 12.3. The zero-order chi connectivity index (χ0) is 14.5. The SMILES string of the molecule is CNCCNC(=O)c1ccc(NC(=O)C2CC2C)cc1.Cl. The maximum atomic E-state index is 11.8. The summed E-state index contributed by atoms with van der Waals surface area (Å²) < 4.78 is 0. The average Bonchev–Trinajstić information content (AvgIpc) is 3.17. The molecular formula is C15H22ClN3O2. The molecule has 2 amide bonds. The summed E-state index contributed by atoms with van der Waals surface area (Å²) in [6.45, 7) is 3.40. The van der Waals surface area contributed by atoms with Gasteiger partial charge in [-0.1, -0.05) is 6.92 Å². The van der Waals surface area contributed by atoms with Crippen LogP contribution < -0.4 is 16.0 Å². The van der Waals surface area contributed by atoms with Crippen molar-refractivity contribution < 1.29 is 9.59 Å². The van der Waals surface area contributed by atoms with E-state index in [2.05, 4.69) is 22.9 Å². The second kappa shape index (κ2) is 8.00. The molecule has 1 aromatic carbocycles. The first-order chi connectivity index (χ1) is 9.61. The molecule has 1 fully saturated rings. The second-order valence-electron chi connectivity index (χ2n) is 5.25. The minimum atomic E-state index is -0.103. The number of carbonyl (C=O) groups excluding carboxylic acids is 2. The molecule has 5 nitrogen and oxygen atoms in total. The molecule has 116 valence electrons. The molecule has 1 saturated carbocycles. The van der Waals surface area contributed by atoms with E-state index in [0.29, 0.717) is 18.0 Å². The fraction of sp³-hybridized carbons (Fsp3) is 0.467. The van der Waals surface area contributed by atoms with E-state index in [0.717, 1.165) is 18.7 Å². The zero-order valence-corrected chi connectivity index (χ0v) is 13.1. The third kappa shape index (κ3) is 5.02. The van der Waals surface area contributed by atoms with Crippen molar-refractivity contribution in [3.8, 4) is 0 Å². The Kier molecular flexibility index (Phi) is 6.65. The number of anilines is 1. The Morgan fingerprint density at radius 3 is 2.33 bits per heavy atom. The molecular weight excluding hydrogens is 290 g/mol. The van der Waals surface area contributed by atoms with Crippen molar-refractivity contribution in [2.24, 2.45) is 11.8 Å². The Morgan fingerprint density at radius 2 is 1.81 bits per heavy atom. The highest BCUT2D eigenvalue weighted by Gasteiger charge is 2.38. The van der Waals surface area contributed by atoms with Crippen LogP contribution in [0.5, 0.6) is 0 Å². The van der Waals surface area contributed by atoms with E-state index in [4.69, 9.17) is 0 Å². The van der Waals surface area contributed by atoms with Crippen molar-refractivity contribution >= 4 is 29.9 Å². The molecule has 6 heteroatoms. The largest absolute Gasteiger partial charge is 0.351 e. The molecule has 3 N–H and O–H groups in total. The molecule has 0 bridgehead atoms. The van der Waals surface area contributed by atoms with Gasteiger partial charge in [0.15, 0.2) is 0 Å². The molecule has 1 aromatic rings. The highest BCUT2D eigenvalue weighted by Crippen LogP contribution is 2.38.